The Kier molecular flexibility index (Phi) is 4.12. The Morgan fingerprint density at radius 3 is 2.35 bits per heavy atom. The number of benzene rings is 1. The minimum absolute atomic E-state index is 0.109. The van der Waals surface area contributed by atoms with Gasteiger partial charge in [0.05, 0.1) is 12.8 Å². The first-order chi connectivity index (χ1) is 12.4. The van der Waals surface area contributed by atoms with E-state index in [4.69, 9.17) is 9.88 Å². The minimum atomic E-state index is -3.83. The van der Waals surface area contributed by atoms with Gasteiger partial charge >= 0.3 is 0 Å². The van der Waals surface area contributed by atoms with Crippen molar-refractivity contribution in [3.8, 4) is 5.75 Å². The number of ether oxygens (including phenoxy) is 1. The van der Waals surface area contributed by atoms with E-state index in [9.17, 15) is 8.42 Å². The predicted octanol–water partition coefficient (Wildman–Crippen LogP) is 3.61. The van der Waals surface area contributed by atoms with E-state index in [-0.39, 0.29) is 10.3 Å². The van der Waals surface area contributed by atoms with Crippen LogP contribution in [0, 0.1) is 5.41 Å². The van der Waals surface area contributed by atoms with Crippen molar-refractivity contribution in [3.63, 3.8) is 0 Å². The Labute approximate surface area is 154 Å². The van der Waals surface area contributed by atoms with Gasteiger partial charge in [-0.25, -0.2) is 13.6 Å². The quantitative estimate of drug-likeness (QED) is 0.891. The first kappa shape index (κ1) is 17.2. The lowest BCUT2D eigenvalue weighted by Crippen LogP contribution is -2.26. The highest BCUT2D eigenvalue weighted by Crippen LogP contribution is 2.59. The Morgan fingerprint density at radius 2 is 1.77 bits per heavy atom. The summed E-state index contributed by atoms with van der Waals surface area (Å²) in [7, 11) is -2.19. The fraction of sp³-hybridized carbons (Fsp3) is 0.350. The summed E-state index contributed by atoms with van der Waals surface area (Å²) in [5.74, 6) is 0.801. The third-order valence-electron chi connectivity index (χ3n) is 5.68. The molecule has 0 unspecified atom stereocenters. The number of aromatic nitrogens is 1. The van der Waals surface area contributed by atoms with Crippen LogP contribution < -0.4 is 9.88 Å². The van der Waals surface area contributed by atoms with E-state index in [1.807, 2.05) is 24.3 Å². The number of hydrogen-bond acceptors (Lipinski definition) is 4. The molecular formula is C20H22N2O3S. The maximum Gasteiger partial charge on any atom is 0.240 e. The van der Waals surface area contributed by atoms with Crippen LogP contribution in [-0.2, 0) is 10.0 Å². The molecule has 1 spiro atoms. The molecule has 26 heavy (non-hydrogen) atoms. The van der Waals surface area contributed by atoms with Crippen LogP contribution in [0.4, 0.5) is 0 Å². The number of pyridine rings is 1. The molecule has 136 valence electrons. The van der Waals surface area contributed by atoms with Crippen LogP contribution >= 0.6 is 0 Å². The summed E-state index contributed by atoms with van der Waals surface area (Å²) >= 11 is 0. The summed E-state index contributed by atoms with van der Waals surface area (Å²) in [5, 5.41) is 5.45. The van der Waals surface area contributed by atoms with E-state index < -0.39 is 10.0 Å². The predicted molar refractivity (Wildman–Crippen MR) is 101 cm³/mol. The summed E-state index contributed by atoms with van der Waals surface area (Å²) in [6, 6.07) is 11.1. The van der Waals surface area contributed by atoms with E-state index >= 15 is 0 Å². The van der Waals surface area contributed by atoms with Crippen LogP contribution in [0.2, 0.25) is 0 Å². The molecule has 0 atom stereocenters. The lowest BCUT2D eigenvalue weighted by atomic mass is 9.66. The van der Waals surface area contributed by atoms with Crippen molar-refractivity contribution >= 4 is 21.2 Å². The van der Waals surface area contributed by atoms with Gasteiger partial charge < -0.3 is 4.74 Å². The van der Waals surface area contributed by atoms with Gasteiger partial charge in [-0.15, -0.1) is 0 Å². The van der Waals surface area contributed by atoms with Gasteiger partial charge in [0.1, 0.15) is 10.6 Å². The summed E-state index contributed by atoms with van der Waals surface area (Å²) in [4.78, 5) is 4.53. The van der Waals surface area contributed by atoms with Gasteiger partial charge in [-0.3, -0.25) is 4.98 Å². The molecule has 0 aliphatic heterocycles. The summed E-state index contributed by atoms with van der Waals surface area (Å²) in [5.41, 5.74) is 4.04. The molecule has 1 aromatic carbocycles. The number of nitrogens with two attached hydrogens (primary N) is 1. The number of sulfonamides is 1. The van der Waals surface area contributed by atoms with Crippen molar-refractivity contribution in [1.29, 1.82) is 0 Å². The molecule has 2 aliphatic carbocycles. The Balaban J connectivity index is 1.87. The number of primary sulfonamides is 1. The molecule has 4 rings (SSSR count). The van der Waals surface area contributed by atoms with Gasteiger partial charge in [-0.2, -0.15) is 0 Å². The number of allylic oxidation sites excluding steroid dienone is 2. The van der Waals surface area contributed by atoms with Gasteiger partial charge in [0.25, 0.3) is 0 Å². The second kappa shape index (κ2) is 6.21. The monoisotopic (exact) mass is 370 g/mol. The third kappa shape index (κ3) is 2.93. The molecule has 2 aromatic rings. The molecular weight excluding hydrogens is 348 g/mol. The van der Waals surface area contributed by atoms with Crippen molar-refractivity contribution in [2.24, 2.45) is 10.6 Å². The zero-order chi connectivity index (χ0) is 18.4. The highest BCUT2D eigenvalue weighted by Gasteiger charge is 2.44. The highest BCUT2D eigenvalue weighted by molar-refractivity contribution is 7.89. The molecule has 1 heterocycles. The topological polar surface area (TPSA) is 82.3 Å². The standard InChI is InChI=1S/C20H22N2O3S/c1-25-15-7-5-14(6-8-15)16-12-20(9-3-10-20)13-17(16)19-18(26(21,23)24)4-2-11-22-19/h2,4-8,11H,3,9-10,12-13H2,1H3,(H2,21,23,24). The smallest absolute Gasteiger partial charge is 0.240 e. The second-order valence-electron chi connectivity index (χ2n) is 7.29. The average Bonchev–Trinajstić information content (AvgIpc) is 3.02. The molecule has 0 amide bonds. The molecule has 1 saturated carbocycles. The fourth-order valence-electron chi connectivity index (χ4n) is 4.20. The van der Waals surface area contributed by atoms with Crippen LogP contribution in [-0.4, -0.2) is 20.5 Å². The fourth-order valence-corrected chi connectivity index (χ4v) is 4.91. The largest absolute Gasteiger partial charge is 0.497 e. The van der Waals surface area contributed by atoms with Gasteiger partial charge in [-0.1, -0.05) is 18.6 Å². The summed E-state index contributed by atoms with van der Waals surface area (Å²) in [6.07, 6.45) is 7.02. The Bertz CT molecular complexity index is 974. The van der Waals surface area contributed by atoms with Crippen molar-refractivity contribution in [2.75, 3.05) is 7.11 Å². The summed E-state index contributed by atoms with van der Waals surface area (Å²) < 4.78 is 29.4. The molecule has 5 nitrogen and oxygen atoms in total. The number of methoxy groups -OCH3 is 1. The first-order valence-corrected chi connectivity index (χ1v) is 10.3. The maximum absolute atomic E-state index is 12.1. The van der Waals surface area contributed by atoms with Gasteiger partial charge in [-0.05, 0) is 72.1 Å². The first-order valence-electron chi connectivity index (χ1n) is 8.77. The van der Waals surface area contributed by atoms with E-state index in [0.717, 1.165) is 29.7 Å². The molecule has 0 saturated heterocycles. The van der Waals surface area contributed by atoms with E-state index in [1.54, 1.807) is 25.4 Å². The van der Waals surface area contributed by atoms with Gasteiger partial charge in [0, 0.05) is 6.20 Å². The van der Waals surface area contributed by atoms with Gasteiger partial charge in [0.2, 0.25) is 10.0 Å². The Hall–Kier alpha value is -2.18. The number of hydrogen-bond donors (Lipinski definition) is 1. The molecule has 0 radical (unpaired) electrons. The average molecular weight is 370 g/mol. The highest BCUT2D eigenvalue weighted by atomic mass is 32.2. The minimum Gasteiger partial charge on any atom is -0.497 e. The molecule has 2 aliphatic rings. The van der Waals surface area contributed by atoms with Crippen molar-refractivity contribution < 1.29 is 13.2 Å². The lowest BCUT2D eigenvalue weighted by molar-refractivity contribution is 0.157. The number of nitrogens with zero attached hydrogens (tertiary/aromatic N) is 1. The normalized spacial score (nSPS) is 18.8. The molecule has 1 aromatic heterocycles. The number of rotatable bonds is 4. The van der Waals surface area contributed by atoms with Crippen LogP contribution in [0.15, 0.2) is 47.5 Å². The van der Waals surface area contributed by atoms with Gasteiger partial charge in [0.15, 0.2) is 0 Å². The molecule has 2 N–H and O–H groups in total. The van der Waals surface area contributed by atoms with E-state index in [2.05, 4.69) is 4.98 Å². The maximum atomic E-state index is 12.1. The molecule has 6 heteroatoms. The Morgan fingerprint density at radius 1 is 1.08 bits per heavy atom. The van der Waals surface area contributed by atoms with Crippen LogP contribution in [0.5, 0.6) is 5.75 Å². The van der Waals surface area contributed by atoms with Crippen LogP contribution in [0.25, 0.3) is 11.1 Å². The third-order valence-corrected chi connectivity index (χ3v) is 6.63. The second-order valence-corrected chi connectivity index (χ2v) is 8.82. The molecule has 1 fully saturated rings. The van der Waals surface area contributed by atoms with E-state index in [0.29, 0.717) is 5.69 Å². The summed E-state index contributed by atoms with van der Waals surface area (Å²) in [6.45, 7) is 0. The van der Waals surface area contributed by atoms with Crippen molar-refractivity contribution in [2.45, 2.75) is 37.0 Å². The molecule has 0 bridgehead atoms. The van der Waals surface area contributed by atoms with Crippen LogP contribution in [0.1, 0.15) is 43.4 Å². The zero-order valence-electron chi connectivity index (χ0n) is 14.7. The SMILES string of the molecule is COc1ccc(C2=C(c3ncccc3S(N)(=O)=O)CC3(CCC3)C2)cc1. The van der Waals surface area contributed by atoms with Crippen molar-refractivity contribution in [1.82, 2.24) is 4.98 Å². The van der Waals surface area contributed by atoms with E-state index in [1.165, 1.54) is 24.8 Å². The lowest BCUT2D eigenvalue weighted by Gasteiger charge is -2.39. The zero-order valence-corrected chi connectivity index (χ0v) is 15.6. The van der Waals surface area contributed by atoms with Crippen LogP contribution in [0.3, 0.4) is 0 Å². The van der Waals surface area contributed by atoms with Crippen molar-refractivity contribution in [3.05, 3.63) is 53.9 Å².